The van der Waals surface area contributed by atoms with Crippen LogP contribution in [0.2, 0.25) is 5.28 Å². The number of nitrogens with one attached hydrogen (secondary N) is 1. The van der Waals surface area contributed by atoms with Crippen molar-refractivity contribution in [1.29, 1.82) is 0 Å². The molecule has 0 aliphatic heterocycles. The van der Waals surface area contributed by atoms with Gasteiger partial charge < -0.3 is 5.32 Å². The molecule has 2 heterocycles. The Morgan fingerprint density at radius 1 is 1.54 bits per heavy atom. The van der Waals surface area contributed by atoms with Crippen molar-refractivity contribution in [2.45, 2.75) is 6.54 Å². The highest BCUT2D eigenvalue weighted by Crippen LogP contribution is 2.07. The van der Waals surface area contributed by atoms with Gasteiger partial charge in [-0.1, -0.05) is 6.07 Å². The second-order valence-electron chi connectivity index (χ2n) is 2.75. The van der Waals surface area contributed by atoms with Crippen LogP contribution in [0.1, 0.15) is 5.56 Å². The highest BCUT2D eigenvalue weighted by Gasteiger charge is 2.00. The van der Waals surface area contributed by atoms with Gasteiger partial charge in [0, 0.05) is 12.7 Å². The Morgan fingerprint density at radius 3 is 3.15 bits per heavy atom. The van der Waals surface area contributed by atoms with Gasteiger partial charge in [0.2, 0.25) is 5.28 Å². The summed E-state index contributed by atoms with van der Waals surface area (Å²) >= 11 is 5.65. The van der Waals surface area contributed by atoms with Crippen LogP contribution < -0.4 is 5.32 Å². The fourth-order valence-corrected chi connectivity index (χ4v) is 1.38. The maximum absolute atomic E-state index is 5.65. The fraction of sp³-hybridized carbons (Fsp3) is 0.250. The number of hydrogen-bond acceptors (Lipinski definition) is 3. The van der Waals surface area contributed by atoms with Crippen LogP contribution in [0, 0.1) is 0 Å². The molecule has 0 unspecified atom stereocenters. The Kier molecular flexibility index (Phi) is 2.16. The summed E-state index contributed by atoms with van der Waals surface area (Å²) in [4.78, 5) is 4.01. The summed E-state index contributed by atoms with van der Waals surface area (Å²) in [5.74, 6) is 0. The lowest BCUT2D eigenvalue weighted by Gasteiger charge is -1.98. The van der Waals surface area contributed by atoms with Gasteiger partial charge in [-0.05, 0) is 30.3 Å². The molecule has 0 fully saturated rings. The first-order valence-electron chi connectivity index (χ1n) is 3.95. The van der Waals surface area contributed by atoms with Gasteiger partial charge in [-0.2, -0.15) is 4.98 Å². The number of aromatic nitrogens is 3. The standard InChI is InChI=1S/C8H9ClN4/c1-10-4-6-2-3-7-11-8(9)12-13(7)5-6/h2-3,5,10H,4H2,1H3. The number of hydrogen-bond donors (Lipinski definition) is 1. The van der Waals surface area contributed by atoms with Gasteiger partial charge >= 0.3 is 0 Å². The summed E-state index contributed by atoms with van der Waals surface area (Å²) in [6.45, 7) is 0.813. The summed E-state index contributed by atoms with van der Waals surface area (Å²) in [5.41, 5.74) is 1.92. The average Bonchev–Trinajstić information content (AvgIpc) is 2.44. The third-order valence-electron chi connectivity index (χ3n) is 1.75. The van der Waals surface area contributed by atoms with Crippen molar-refractivity contribution in [2.75, 3.05) is 7.05 Å². The lowest BCUT2D eigenvalue weighted by molar-refractivity contribution is 0.803. The second-order valence-corrected chi connectivity index (χ2v) is 3.09. The molecule has 0 atom stereocenters. The summed E-state index contributed by atoms with van der Waals surface area (Å²) in [6.07, 6.45) is 1.91. The molecule has 2 aromatic rings. The maximum atomic E-state index is 5.65. The van der Waals surface area contributed by atoms with E-state index in [1.807, 2.05) is 25.4 Å². The number of nitrogens with zero attached hydrogens (tertiary/aromatic N) is 3. The van der Waals surface area contributed by atoms with Crippen LogP contribution in [0.3, 0.4) is 0 Å². The number of rotatable bonds is 2. The molecule has 0 saturated carbocycles. The minimum absolute atomic E-state index is 0.279. The Morgan fingerprint density at radius 2 is 2.38 bits per heavy atom. The zero-order valence-corrected chi connectivity index (χ0v) is 7.91. The SMILES string of the molecule is CNCc1ccc2nc(Cl)nn2c1. The Balaban J connectivity index is 2.48. The van der Waals surface area contributed by atoms with Gasteiger partial charge in [0.05, 0.1) is 0 Å². The van der Waals surface area contributed by atoms with Crippen LogP contribution in [-0.2, 0) is 6.54 Å². The minimum atomic E-state index is 0.279. The van der Waals surface area contributed by atoms with Crippen LogP contribution in [0.15, 0.2) is 18.3 Å². The van der Waals surface area contributed by atoms with Crippen molar-refractivity contribution < 1.29 is 0 Å². The molecule has 0 aliphatic rings. The largest absolute Gasteiger partial charge is 0.316 e. The summed E-state index contributed by atoms with van der Waals surface area (Å²) in [7, 11) is 1.90. The van der Waals surface area contributed by atoms with Gasteiger partial charge in [0.25, 0.3) is 0 Å². The van der Waals surface area contributed by atoms with Crippen molar-refractivity contribution in [2.24, 2.45) is 0 Å². The van der Waals surface area contributed by atoms with E-state index in [2.05, 4.69) is 15.4 Å². The van der Waals surface area contributed by atoms with Gasteiger partial charge in [-0.25, -0.2) is 4.52 Å². The van der Waals surface area contributed by atoms with E-state index in [1.54, 1.807) is 4.52 Å². The highest BCUT2D eigenvalue weighted by molar-refractivity contribution is 6.28. The van der Waals surface area contributed by atoms with E-state index in [4.69, 9.17) is 11.6 Å². The quantitative estimate of drug-likeness (QED) is 0.782. The van der Waals surface area contributed by atoms with Gasteiger partial charge in [0.15, 0.2) is 5.65 Å². The summed E-state index contributed by atoms with van der Waals surface area (Å²) in [6, 6.07) is 3.89. The Bertz CT molecular complexity index is 423. The van der Waals surface area contributed by atoms with E-state index < -0.39 is 0 Å². The van der Waals surface area contributed by atoms with Crippen LogP contribution in [0.4, 0.5) is 0 Å². The zero-order valence-electron chi connectivity index (χ0n) is 7.16. The Hall–Kier alpha value is -1.13. The van der Waals surface area contributed by atoms with Crippen LogP contribution in [0.25, 0.3) is 5.65 Å². The molecule has 13 heavy (non-hydrogen) atoms. The lowest BCUT2D eigenvalue weighted by atomic mass is 10.3. The molecule has 0 amide bonds. The van der Waals surface area contributed by atoms with E-state index in [0.29, 0.717) is 0 Å². The topological polar surface area (TPSA) is 42.2 Å². The molecule has 0 radical (unpaired) electrons. The molecule has 0 spiro atoms. The molecule has 5 heteroatoms. The molecule has 4 nitrogen and oxygen atoms in total. The minimum Gasteiger partial charge on any atom is -0.316 e. The first-order valence-corrected chi connectivity index (χ1v) is 4.33. The molecular weight excluding hydrogens is 188 g/mol. The van der Waals surface area contributed by atoms with Crippen LogP contribution in [-0.4, -0.2) is 21.6 Å². The van der Waals surface area contributed by atoms with E-state index >= 15 is 0 Å². The van der Waals surface area contributed by atoms with E-state index in [9.17, 15) is 0 Å². The number of fused-ring (bicyclic) bond motifs is 1. The molecule has 0 bridgehead atoms. The predicted octanol–water partition coefficient (Wildman–Crippen LogP) is 1.10. The molecule has 1 N–H and O–H groups in total. The molecule has 68 valence electrons. The first-order chi connectivity index (χ1) is 6.29. The average molecular weight is 197 g/mol. The molecule has 0 aromatic carbocycles. The maximum Gasteiger partial charge on any atom is 0.243 e. The molecule has 2 rings (SSSR count). The molecule has 2 aromatic heterocycles. The number of pyridine rings is 1. The highest BCUT2D eigenvalue weighted by atomic mass is 35.5. The lowest BCUT2D eigenvalue weighted by Crippen LogP contribution is -2.05. The van der Waals surface area contributed by atoms with Gasteiger partial charge in [-0.3, -0.25) is 0 Å². The van der Waals surface area contributed by atoms with Gasteiger partial charge in [-0.15, -0.1) is 5.10 Å². The van der Waals surface area contributed by atoms with E-state index in [-0.39, 0.29) is 5.28 Å². The van der Waals surface area contributed by atoms with Crippen molar-refractivity contribution in [3.63, 3.8) is 0 Å². The van der Waals surface area contributed by atoms with Crippen molar-refractivity contribution in [3.8, 4) is 0 Å². The second kappa shape index (κ2) is 3.32. The molecule has 0 saturated heterocycles. The van der Waals surface area contributed by atoms with E-state index in [0.717, 1.165) is 17.8 Å². The van der Waals surface area contributed by atoms with Crippen LogP contribution >= 0.6 is 11.6 Å². The van der Waals surface area contributed by atoms with Crippen molar-refractivity contribution >= 4 is 17.2 Å². The van der Waals surface area contributed by atoms with Crippen LogP contribution in [0.5, 0.6) is 0 Å². The smallest absolute Gasteiger partial charge is 0.243 e. The third-order valence-corrected chi connectivity index (χ3v) is 1.91. The molecular formula is C8H9ClN4. The van der Waals surface area contributed by atoms with E-state index in [1.165, 1.54) is 0 Å². The summed E-state index contributed by atoms with van der Waals surface area (Å²) in [5, 5.41) is 7.34. The monoisotopic (exact) mass is 196 g/mol. The zero-order chi connectivity index (χ0) is 9.26. The Labute approximate surface area is 80.5 Å². The number of halogens is 1. The first kappa shape index (κ1) is 8.47. The normalized spacial score (nSPS) is 10.9. The van der Waals surface area contributed by atoms with Crippen molar-refractivity contribution in [3.05, 3.63) is 29.2 Å². The van der Waals surface area contributed by atoms with Gasteiger partial charge in [0.1, 0.15) is 0 Å². The fourth-order valence-electron chi connectivity index (χ4n) is 1.21. The molecule has 0 aliphatic carbocycles. The van der Waals surface area contributed by atoms with Crippen molar-refractivity contribution in [1.82, 2.24) is 19.9 Å². The predicted molar refractivity (Wildman–Crippen MR) is 50.8 cm³/mol. The summed E-state index contributed by atoms with van der Waals surface area (Å²) < 4.78 is 1.68. The third kappa shape index (κ3) is 1.64.